The molecule has 3 heteroatoms. The van der Waals surface area contributed by atoms with Crippen molar-refractivity contribution in [1.82, 2.24) is 0 Å². The molecular formula is C18H26O3. The van der Waals surface area contributed by atoms with Crippen molar-refractivity contribution in [2.45, 2.75) is 40.0 Å². The molecule has 0 amide bonds. The lowest BCUT2D eigenvalue weighted by molar-refractivity contribution is -0.129. The maximum Gasteiger partial charge on any atom is 0.293 e. The lowest BCUT2D eigenvalue weighted by atomic mass is 10.0. The molecule has 0 fully saturated rings. The van der Waals surface area contributed by atoms with Crippen LogP contribution in [0, 0.1) is 5.92 Å². The van der Waals surface area contributed by atoms with Crippen LogP contribution < -0.4 is 0 Å². The lowest BCUT2D eigenvalue weighted by Crippen LogP contribution is -2.00. The quantitative estimate of drug-likeness (QED) is 0.404. The zero-order valence-corrected chi connectivity index (χ0v) is 13.2. The van der Waals surface area contributed by atoms with Crippen molar-refractivity contribution in [1.29, 1.82) is 0 Å². The van der Waals surface area contributed by atoms with Gasteiger partial charge in [0.05, 0.1) is 6.61 Å². The summed E-state index contributed by atoms with van der Waals surface area (Å²) in [7, 11) is 0. The van der Waals surface area contributed by atoms with Gasteiger partial charge in [0.2, 0.25) is 0 Å². The van der Waals surface area contributed by atoms with Crippen LogP contribution >= 0.6 is 0 Å². The van der Waals surface area contributed by atoms with E-state index < -0.39 is 0 Å². The van der Waals surface area contributed by atoms with E-state index in [4.69, 9.17) is 0 Å². The minimum atomic E-state index is 0.517. The van der Waals surface area contributed by atoms with Crippen LogP contribution in [0.25, 0.3) is 0 Å². The SMILES string of the molecule is CC(C)=CCCC(C)CCOC=O.O=Cc1ccccc1. The van der Waals surface area contributed by atoms with Crippen LogP contribution in [0.1, 0.15) is 50.4 Å². The van der Waals surface area contributed by atoms with Crippen LogP contribution in [0.4, 0.5) is 0 Å². The van der Waals surface area contributed by atoms with E-state index in [2.05, 4.69) is 31.6 Å². The Morgan fingerprint density at radius 3 is 2.29 bits per heavy atom. The molecule has 0 N–H and O–H groups in total. The summed E-state index contributed by atoms with van der Waals surface area (Å²) in [5.41, 5.74) is 2.10. The number of aldehydes is 1. The Morgan fingerprint density at radius 1 is 1.14 bits per heavy atom. The number of hydrogen-bond donors (Lipinski definition) is 0. The highest BCUT2D eigenvalue weighted by molar-refractivity contribution is 5.74. The molecule has 0 aromatic heterocycles. The molecule has 0 aliphatic carbocycles. The Morgan fingerprint density at radius 2 is 1.81 bits per heavy atom. The predicted molar refractivity (Wildman–Crippen MR) is 86.3 cm³/mol. The molecular weight excluding hydrogens is 264 g/mol. The standard InChI is InChI=1S/C11H20O2.C7H6O/c1-10(2)5-4-6-11(3)7-8-13-9-12;8-6-7-4-2-1-3-5-7/h5,9,11H,4,6-8H2,1-3H3;1-6H. The van der Waals surface area contributed by atoms with Crippen molar-refractivity contribution in [2.24, 2.45) is 5.92 Å². The van der Waals surface area contributed by atoms with E-state index >= 15 is 0 Å². The molecule has 0 heterocycles. The second-order valence-corrected chi connectivity index (χ2v) is 5.25. The largest absolute Gasteiger partial charge is 0.468 e. The molecule has 1 aromatic rings. The van der Waals surface area contributed by atoms with Crippen molar-refractivity contribution in [3.05, 3.63) is 47.5 Å². The minimum absolute atomic E-state index is 0.517. The fraction of sp³-hybridized carbons (Fsp3) is 0.444. The average Bonchev–Trinajstić information content (AvgIpc) is 2.48. The van der Waals surface area contributed by atoms with E-state index in [1.165, 1.54) is 12.0 Å². The molecule has 21 heavy (non-hydrogen) atoms. The number of carbonyl (C=O) groups is 2. The predicted octanol–water partition coefficient (Wildman–Crippen LogP) is 4.43. The number of ether oxygens (including phenoxy) is 1. The van der Waals surface area contributed by atoms with Crippen molar-refractivity contribution >= 4 is 12.8 Å². The Kier molecular flexibility index (Phi) is 11.9. The highest BCUT2D eigenvalue weighted by Crippen LogP contribution is 2.11. The number of hydrogen-bond acceptors (Lipinski definition) is 3. The number of allylic oxidation sites excluding steroid dienone is 2. The zero-order valence-electron chi connectivity index (χ0n) is 13.2. The Labute approximate surface area is 128 Å². The molecule has 0 aliphatic rings. The molecule has 116 valence electrons. The molecule has 0 saturated carbocycles. The van der Waals surface area contributed by atoms with Crippen LogP contribution in [0.15, 0.2) is 42.0 Å². The summed E-state index contributed by atoms with van der Waals surface area (Å²) in [6.07, 6.45) is 6.35. The maximum atomic E-state index is 10.0. The van der Waals surface area contributed by atoms with E-state index in [-0.39, 0.29) is 0 Å². The number of carbonyl (C=O) groups excluding carboxylic acids is 2. The normalized spacial score (nSPS) is 10.6. The molecule has 0 saturated heterocycles. The fourth-order valence-corrected chi connectivity index (χ4v) is 1.65. The van der Waals surface area contributed by atoms with Gasteiger partial charge >= 0.3 is 0 Å². The van der Waals surface area contributed by atoms with Gasteiger partial charge in [-0.1, -0.05) is 48.9 Å². The maximum absolute atomic E-state index is 10.0. The van der Waals surface area contributed by atoms with Crippen molar-refractivity contribution in [2.75, 3.05) is 6.61 Å². The first-order valence-corrected chi connectivity index (χ1v) is 7.29. The third-order valence-electron chi connectivity index (χ3n) is 2.94. The minimum Gasteiger partial charge on any atom is -0.468 e. The summed E-state index contributed by atoms with van der Waals surface area (Å²) in [5.74, 6) is 0.635. The average molecular weight is 290 g/mol. The summed E-state index contributed by atoms with van der Waals surface area (Å²) >= 11 is 0. The van der Waals surface area contributed by atoms with E-state index in [0.717, 1.165) is 24.7 Å². The van der Waals surface area contributed by atoms with Gasteiger partial charge in [-0.3, -0.25) is 9.59 Å². The molecule has 1 aromatic carbocycles. The summed E-state index contributed by atoms with van der Waals surface area (Å²) in [4.78, 5) is 19.9. The van der Waals surface area contributed by atoms with Gasteiger partial charge in [-0.25, -0.2) is 0 Å². The second kappa shape index (κ2) is 13.1. The first kappa shape index (κ1) is 19.1. The van der Waals surface area contributed by atoms with Crippen LogP contribution in [-0.4, -0.2) is 19.4 Å². The Hall–Kier alpha value is -1.90. The van der Waals surface area contributed by atoms with Crippen molar-refractivity contribution in [3.63, 3.8) is 0 Å². The molecule has 1 unspecified atom stereocenters. The molecule has 0 aliphatic heterocycles. The zero-order chi connectivity index (χ0) is 15.9. The van der Waals surface area contributed by atoms with Gasteiger partial charge in [0.15, 0.2) is 0 Å². The van der Waals surface area contributed by atoms with E-state index in [1.54, 1.807) is 12.1 Å². The number of benzene rings is 1. The van der Waals surface area contributed by atoms with E-state index in [0.29, 0.717) is 19.0 Å². The van der Waals surface area contributed by atoms with E-state index in [9.17, 15) is 9.59 Å². The summed E-state index contributed by atoms with van der Waals surface area (Å²) in [6.45, 7) is 7.48. The third kappa shape index (κ3) is 12.9. The summed E-state index contributed by atoms with van der Waals surface area (Å²) < 4.78 is 4.64. The van der Waals surface area contributed by atoms with E-state index in [1.807, 2.05) is 18.2 Å². The van der Waals surface area contributed by atoms with Crippen molar-refractivity contribution in [3.8, 4) is 0 Å². The van der Waals surface area contributed by atoms with Crippen molar-refractivity contribution < 1.29 is 14.3 Å². The first-order valence-electron chi connectivity index (χ1n) is 7.29. The lowest BCUT2D eigenvalue weighted by Gasteiger charge is -2.08. The number of rotatable bonds is 8. The highest BCUT2D eigenvalue weighted by atomic mass is 16.5. The monoisotopic (exact) mass is 290 g/mol. The second-order valence-electron chi connectivity index (χ2n) is 5.25. The summed E-state index contributed by atoms with van der Waals surface area (Å²) in [5, 5.41) is 0. The van der Waals surface area contributed by atoms with Gasteiger partial charge in [-0.05, 0) is 39.0 Å². The van der Waals surface area contributed by atoms with Crippen LogP contribution in [0.3, 0.4) is 0 Å². The van der Waals surface area contributed by atoms with Gasteiger partial charge in [0.25, 0.3) is 6.47 Å². The van der Waals surface area contributed by atoms with Crippen LogP contribution in [-0.2, 0) is 9.53 Å². The smallest absolute Gasteiger partial charge is 0.293 e. The molecule has 0 bridgehead atoms. The van der Waals surface area contributed by atoms with Gasteiger partial charge in [0.1, 0.15) is 6.29 Å². The highest BCUT2D eigenvalue weighted by Gasteiger charge is 2.00. The molecule has 1 rings (SSSR count). The van der Waals surface area contributed by atoms with Crippen LogP contribution in [0.2, 0.25) is 0 Å². The Bertz CT molecular complexity index is 406. The molecule has 0 spiro atoms. The van der Waals surface area contributed by atoms with Gasteiger partial charge < -0.3 is 4.74 Å². The van der Waals surface area contributed by atoms with Gasteiger partial charge in [-0.2, -0.15) is 0 Å². The van der Waals surface area contributed by atoms with Gasteiger partial charge in [0, 0.05) is 5.56 Å². The van der Waals surface area contributed by atoms with Crippen LogP contribution in [0.5, 0.6) is 0 Å². The fourth-order valence-electron chi connectivity index (χ4n) is 1.65. The van der Waals surface area contributed by atoms with Gasteiger partial charge in [-0.15, -0.1) is 0 Å². The summed E-state index contributed by atoms with van der Waals surface area (Å²) in [6, 6.07) is 9.10. The topological polar surface area (TPSA) is 43.4 Å². The molecule has 0 radical (unpaired) electrons. The first-order chi connectivity index (χ1) is 10.1. The molecule has 3 nitrogen and oxygen atoms in total. The Balaban J connectivity index is 0.000000423. The molecule has 1 atom stereocenters. The third-order valence-corrected chi connectivity index (χ3v) is 2.94.